The van der Waals surface area contributed by atoms with Crippen LogP contribution in [0.2, 0.25) is 0 Å². The molecule has 0 bridgehead atoms. The van der Waals surface area contributed by atoms with E-state index in [9.17, 15) is 18.0 Å². The molecule has 0 saturated carbocycles. The maximum atomic E-state index is 14.1. The molecule has 1 N–H and O–H groups in total. The Morgan fingerprint density at radius 3 is 1.92 bits per heavy atom. The molecule has 0 spiro atoms. The first-order valence-corrected chi connectivity index (χ1v) is 11.4. The Balaban J connectivity index is 1.74. The predicted molar refractivity (Wildman–Crippen MR) is 122 cm³/mol. The van der Waals surface area contributed by atoms with Crippen molar-refractivity contribution in [2.45, 2.75) is 32.5 Å². The van der Waals surface area contributed by atoms with Crippen molar-refractivity contribution in [3.05, 3.63) is 11.9 Å². The lowest BCUT2D eigenvalue weighted by Crippen LogP contribution is -2.40. The first-order chi connectivity index (χ1) is 17.0. The van der Waals surface area contributed by atoms with Crippen LogP contribution < -0.4 is 15.1 Å². The molecule has 2 aromatic heterocycles. The van der Waals surface area contributed by atoms with Crippen LogP contribution in [0.3, 0.4) is 0 Å². The molecule has 0 aliphatic carbocycles. The molecular weight excluding hydrogens is 485 g/mol. The highest BCUT2D eigenvalue weighted by Crippen LogP contribution is 2.35. The Kier molecular flexibility index (Phi) is 7.40. The van der Waals surface area contributed by atoms with E-state index in [2.05, 4.69) is 30.2 Å². The molecule has 0 atom stereocenters. The Morgan fingerprint density at radius 1 is 0.917 bits per heavy atom. The van der Waals surface area contributed by atoms with Gasteiger partial charge in [0.1, 0.15) is 5.60 Å². The Morgan fingerprint density at radius 2 is 1.44 bits per heavy atom. The Bertz CT molecular complexity index is 1050. The van der Waals surface area contributed by atoms with Gasteiger partial charge in [0.05, 0.1) is 32.0 Å². The van der Waals surface area contributed by atoms with Crippen molar-refractivity contribution in [2.24, 2.45) is 0 Å². The van der Waals surface area contributed by atoms with Crippen LogP contribution in [0.5, 0.6) is 0 Å². The van der Waals surface area contributed by atoms with Crippen molar-refractivity contribution in [1.82, 2.24) is 24.9 Å². The summed E-state index contributed by atoms with van der Waals surface area (Å²) in [5, 5.41) is 2.14. The molecule has 15 heteroatoms. The molecular formula is C21H27F3N8O4. The molecule has 0 aromatic carbocycles. The van der Waals surface area contributed by atoms with E-state index in [-0.39, 0.29) is 17.7 Å². The van der Waals surface area contributed by atoms with Crippen LogP contribution in [0.15, 0.2) is 6.20 Å². The number of carbonyl (C=O) groups is 1. The normalized spacial score (nSPS) is 17.2. The Hall–Kier alpha value is -3.33. The SMILES string of the molecule is CC(C)(C)OC(=O)Nc1ncc(-c2nc(N3CCOCC3)nc(N3CCOCC3)n2)c(C(F)(F)F)n1. The third-order valence-corrected chi connectivity index (χ3v) is 5.11. The lowest BCUT2D eigenvalue weighted by atomic mass is 10.2. The highest BCUT2D eigenvalue weighted by atomic mass is 19.4. The number of ether oxygens (including phenoxy) is 3. The summed E-state index contributed by atoms with van der Waals surface area (Å²) in [7, 11) is 0. The van der Waals surface area contributed by atoms with Gasteiger partial charge in [0.15, 0.2) is 11.5 Å². The van der Waals surface area contributed by atoms with E-state index in [1.807, 2.05) is 9.80 Å². The molecule has 0 radical (unpaired) electrons. The standard InChI is InChI=1S/C21H27F3N8O4/c1-20(2,3)36-19(33)29-16-25-12-13(14(26-16)21(22,23)24)15-27-17(31-4-8-34-9-5-31)30-18(28-15)32-6-10-35-11-7-32/h12H,4-11H2,1-3H3,(H,25,26,29,33). The lowest BCUT2D eigenvalue weighted by molar-refractivity contribution is -0.140. The summed E-state index contributed by atoms with van der Waals surface area (Å²) in [5.74, 6) is -0.331. The van der Waals surface area contributed by atoms with Gasteiger partial charge in [-0.05, 0) is 20.8 Å². The summed E-state index contributed by atoms with van der Waals surface area (Å²) in [6.07, 6.45) is -4.93. The smallest absolute Gasteiger partial charge is 0.434 e. The fourth-order valence-electron chi connectivity index (χ4n) is 3.50. The van der Waals surface area contributed by atoms with Crippen molar-refractivity contribution in [3.63, 3.8) is 0 Å². The predicted octanol–water partition coefficient (Wildman–Crippen LogP) is 2.37. The second kappa shape index (κ2) is 10.3. The van der Waals surface area contributed by atoms with E-state index in [1.165, 1.54) is 0 Å². The molecule has 2 saturated heterocycles. The van der Waals surface area contributed by atoms with E-state index in [0.29, 0.717) is 52.6 Å². The molecule has 4 rings (SSSR count). The molecule has 2 aromatic rings. The number of nitrogens with zero attached hydrogens (tertiary/aromatic N) is 7. The molecule has 4 heterocycles. The Labute approximate surface area is 205 Å². The van der Waals surface area contributed by atoms with Crippen LogP contribution in [0.4, 0.5) is 35.8 Å². The first kappa shape index (κ1) is 25.8. The van der Waals surface area contributed by atoms with Crippen LogP contribution in [0.25, 0.3) is 11.4 Å². The molecule has 12 nitrogen and oxygen atoms in total. The minimum Gasteiger partial charge on any atom is -0.444 e. The molecule has 2 fully saturated rings. The van der Waals surface area contributed by atoms with Gasteiger partial charge in [-0.25, -0.2) is 14.8 Å². The zero-order valence-corrected chi connectivity index (χ0v) is 20.1. The van der Waals surface area contributed by atoms with Crippen LogP contribution >= 0.6 is 0 Å². The number of aromatic nitrogens is 5. The second-order valence-corrected chi connectivity index (χ2v) is 9.04. The number of amides is 1. The average molecular weight is 512 g/mol. The van der Waals surface area contributed by atoms with Gasteiger partial charge in [0, 0.05) is 32.4 Å². The van der Waals surface area contributed by atoms with Gasteiger partial charge in [0.2, 0.25) is 17.8 Å². The van der Waals surface area contributed by atoms with Gasteiger partial charge in [0.25, 0.3) is 0 Å². The van der Waals surface area contributed by atoms with Crippen LogP contribution in [0, 0.1) is 0 Å². The van der Waals surface area contributed by atoms with E-state index in [1.54, 1.807) is 20.8 Å². The topological polar surface area (TPSA) is 128 Å². The van der Waals surface area contributed by atoms with E-state index < -0.39 is 35.1 Å². The minimum absolute atomic E-state index is 0.230. The number of hydrogen-bond acceptors (Lipinski definition) is 11. The minimum atomic E-state index is -4.88. The van der Waals surface area contributed by atoms with Crippen molar-refractivity contribution < 1.29 is 32.2 Å². The van der Waals surface area contributed by atoms with Gasteiger partial charge < -0.3 is 24.0 Å². The summed E-state index contributed by atoms with van der Waals surface area (Å²) in [6.45, 7) is 8.54. The molecule has 0 unspecified atom stereocenters. The van der Waals surface area contributed by atoms with E-state index in [0.717, 1.165) is 6.20 Å². The summed E-state index contributed by atoms with van der Waals surface area (Å²) in [6, 6.07) is 0. The number of halogens is 3. The number of carbonyl (C=O) groups excluding carboxylic acids is 1. The molecule has 2 aliphatic rings. The fraction of sp³-hybridized carbons (Fsp3) is 0.619. The molecule has 36 heavy (non-hydrogen) atoms. The van der Waals surface area contributed by atoms with Crippen LogP contribution in [-0.4, -0.2) is 89.2 Å². The average Bonchev–Trinajstić information content (AvgIpc) is 2.83. The van der Waals surface area contributed by atoms with Crippen molar-refractivity contribution >= 4 is 23.9 Å². The van der Waals surface area contributed by atoms with Crippen molar-refractivity contribution in [1.29, 1.82) is 0 Å². The quantitative estimate of drug-likeness (QED) is 0.648. The van der Waals surface area contributed by atoms with Gasteiger partial charge in [-0.15, -0.1) is 0 Å². The van der Waals surface area contributed by atoms with E-state index in [4.69, 9.17) is 14.2 Å². The van der Waals surface area contributed by atoms with Crippen LogP contribution in [0.1, 0.15) is 26.5 Å². The van der Waals surface area contributed by atoms with Gasteiger partial charge in [-0.3, -0.25) is 5.32 Å². The third-order valence-electron chi connectivity index (χ3n) is 5.11. The van der Waals surface area contributed by atoms with Gasteiger partial charge in [-0.2, -0.15) is 28.1 Å². The third kappa shape index (κ3) is 6.46. The monoisotopic (exact) mass is 512 g/mol. The summed E-state index contributed by atoms with van der Waals surface area (Å²) < 4.78 is 58.0. The van der Waals surface area contributed by atoms with Gasteiger partial charge in [-0.1, -0.05) is 0 Å². The largest absolute Gasteiger partial charge is 0.444 e. The van der Waals surface area contributed by atoms with Crippen molar-refractivity contribution in [3.8, 4) is 11.4 Å². The zero-order valence-electron chi connectivity index (χ0n) is 20.1. The number of alkyl halides is 3. The maximum Gasteiger partial charge on any atom is 0.434 e. The first-order valence-electron chi connectivity index (χ1n) is 11.4. The maximum absolute atomic E-state index is 14.1. The highest BCUT2D eigenvalue weighted by Gasteiger charge is 2.38. The van der Waals surface area contributed by atoms with Crippen molar-refractivity contribution in [2.75, 3.05) is 67.7 Å². The number of rotatable bonds is 4. The molecule has 1 amide bonds. The number of morpholine rings is 2. The number of nitrogens with one attached hydrogen (secondary N) is 1. The molecule has 196 valence electrons. The number of anilines is 3. The number of hydrogen-bond donors (Lipinski definition) is 1. The lowest BCUT2D eigenvalue weighted by Gasteiger charge is -2.30. The molecule has 2 aliphatic heterocycles. The highest BCUT2D eigenvalue weighted by molar-refractivity contribution is 5.82. The summed E-state index contributed by atoms with van der Waals surface area (Å²) >= 11 is 0. The van der Waals surface area contributed by atoms with Crippen LogP contribution in [-0.2, 0) is 20.4 Å². The van der Waals surface area contributed by atoms with Gasteiger partial charge >= 0.3 is 12.3 Å². The zero-order chi connectivity index (χ0) is 25.9. The summed E-state index contributed by atoms with van der Waals surface area (Å²) in [4.78, 5) is 36.3. The van der Waals surface area contributed by atoms with E-state index >= 15 is 0 Å². The summed E-state index contributed by atoms with van der Waals surface area (Å²) in [5.41, 5.74) is -2.59. The second-order valence-electron chi connectivity index (χ2n) is 9.04. The fourth-order valence-corrected chi connectivity index (χ4v) is 3.50.